The van der Waals surface area contributed by atoms with Crippen molar-refractivity contribution in [1.82, 2.24) is 0 Å². The van der Waals surface area contributed by atoms with Gasteiger partial charge in [0, 0.05) is 24.1 Å². The van der Waals surface area contributed by atoms with Crippen molar-refractivity contribution in [3.8, 4) is 6.07 Å². The summed E-state index contributed by atoms with van der Waals surface area (Å²) < 4.78 is 5.53. The lowest BCUT2D eigenvalue weighted by atomic mass is 9.31. The highest BCUT2D eigenvalue weighted by atomic mass is 16.5. The molecule has 5 heteroatoms. The molecular formula is C33H48N2O3. The van der Waals surface area contributed by atoms with E-state index in [1.165, 1.54) is 5.71 Å². The van der Waals surface area contributed by atoms with Crippen LogP contribution in [0.2, 0.25) is 0 Å². The molecule has 0 spiro atoms. The Labute approximate surface area is 229 Å². The molecule has 0 aromatic carbocycles. The Morgan fingerprint density at radius 3 is 2.26 bits per heavy atom. The van der Waals surface area contributed by atoms with Crippen molar-refractivity contribution in [2.24, 2.45) is 61.2 Å². The molecule has 8 atom stereocenters. The summed E-state index contributed by atoms with van der Waals surface area (Å²) in [4.78, 5) is 31.9. The number of carbonyl (C=O) groups is 2. The number of esters is 1. The number of fused-ring (bicyclic) bond motifs is 7. The zero-order chi connectivity index (χ0) is 28.1. The SMILES string of the molecule is CN=C1C[C@@H]2[C@@]3(C)C=C(C#N)C(=O)C(C)(C)[C@@H]3CC[C@@]2(C)[C@]2(C)CC[C@@]3(C(=O)OC)CCC(C)(C)CC3C12. The number of nitriles is 1. The standard InChI is InChI=1S/C33H48N2O3/c1-28(2)12-14-33(27(37)38-9)15-13-32(7)25(21(33)18-28)22(35-8)16-24-30(5)17-20(19-34)26(36)29(3,4)23(30)10-11-31(24,32)6/h17,21,23-25H,10-16,18H2,1-9H3/t21?,23-,24+,25?,30-,31+,32+,33-/m0/s1. The molecule has 0 saturated heterocycles. The molecule has 0 N–H and O–H groups in total. The topological polar surface area (TPSA) is 79.5 Å². The molecule has 208 valence electrons. The molecule has 38 heavy (non-hydrogen) atoms. The molecule has 5 aliphatic rings. The molecule has 5 rings (SSSR count). The second kappa shape index (κ2) is 8.28. The van der Waals surface area contributed by atoms with Crippen molar-refractivity contribution < 1.29 is 14.3 Å². The molecule has 0 aromatic heterocycles. The Morgan fingerprint density at radius 1 is 1.00 bits per heavy atom. The molecule has 0 bridgehead atoms. The fourth-order valence-electron chi connectivity index (χ4n) is 11.1. The molecule has 5 nitrogen and oxygen atoms in total. The van der Waals surface area contributed by atoms with E-state index in [1.54, 1.807) is 7.11 Å². The minimum atomic E-state index is -0.558. The van der Waals surface area contributed by atoms with Crippen molar-refractivity contribution in [2.45, 2.75) is 99.8 Å². The van der Waals surface area contributed by atoms with Gasteiger partial charge in [-0.3, -0.25) is 14.6 Å². The molecule has 2 unspecified atom stereocenters. The largest absolute Gasteiger partial charge is 0.469 e. The summed E-state index contributed by atoms with van der Waals surface area (Å²) in [5, 5.41) is 9.97. The van der Waals surface area contributed by atoms with E-state index >= 15 is 0 Å². The summed E-state index contributed by atoms with van der Waals surface area (Å²) in [6.07, 6.45) is 9.79. The quantitative estimate of drug-likeness (QED) is 0.350. The summed E-state index contributed by atoms with van der Waals surface area (Å²) in [7, 11) is 3.50. The molecule has 0 radical (unpaired) electrons. The van der Waals surface area contributed by atoms with Gasteiger partial charge < -0.3 is 4.74 Å². The Kier molecular flexibility index (Phi) is 6.01. The van der Waals surface area contributed by atoms with E-state index in [2.05, 4.69) is 60.6 Å². The van der Waals surface area contributed by atoms with Gasteiger partial charge in [0.15, 0.2) is 5.78 Å². The smallest absolute Gasteiger partial charge is 0.312 e. The second-order valence-corrected chi connectivity index (χ2v) is 15.6. The summed E-state index contributed by atoms with van der Waals surface area (Å²) in [6, 6.07) is 2.27. The number of rotatable bonds is 1. The molecule has 0 aromatic rings. The van der Waals surface area contributed by atoms with Gasteiger partial charge in [-0.05, 0) is 90.8 Å². The predicted octanol–water partition coefficient (Wildman–Crippen LogP) is 6.96. The van der Waals surface area contributed by atoms with Crippen LogP contribution in [0.5, 0.6) is 0 Å². The van der Waals surface area contributed by atoms with E-state index in [0.29, 0.717) is 5.57 Å². The fourth-order valence-corrected chi connectivity index (χ4v) is 11.1. The van der Waals surface area contributed by atoms with Crippen molar-refractivity contribution in [3.05, 3.63) is 11.6 Å². The monoisotopic (exact) mass is 520 g/mol. The summed E-state index contributed by atoms with van der Waals surface area (Å²) >= 11 is 0. The molecule has 5 aliphatic carbocycles. The molecule has 0 heterocycles. The van der Waals surface area contributed by atoms with Gasteiger partial charge in [-0.15, -0.1) is 0 Å². The minimum Gasteiger partial charge on any atom is -0.469 e. The Hall–Kier alpha value is -1.96. The molecule has 4 saturated carbocycles. The maximum Gasteiger partial charge on any atom is 0.312 e. The van der Waals surface area contributed by atoms with Crippen LogP contribution in [0.1, 0.15) is 99.8 Å². The van der Waals surface area contributed by atoms with E-state index in [1.807, 2.05) is 7.05 Å². The van der Waals surface area contributed by atoms with E-state index in [4.69, 9.17) is 9.73 Å². The number of ketones is 1. The van der Waals surface area contributed by atoms with Crippen LogP contribution in [0.3, 0.4) is 0 Å². The normalized spacial score (nSPS) is 47.9. The molecule has 4 fully saturated rings. The number of methoxy groups -OCH3 is 1. The van der Waals surface area contributed by atoms with Crippen molar-refractivity contribution in [1.29, 1.82) is 5.26 Å². The number of allylic oxidation sites excluding steroid dienone is 2. The average Bonchev–Trinajstić information content (AvgIpc) is 2.85. The third-order valence-electron chi connectivity index (χ3n) is 13.4. The average molecular weight is 521 g/mol. The lowest BCUT2D eigenvalue weighted by Crippen LogP contribution is -2.69. The number of hydrogen-bond donors (Lipinski definition) is 0. The maximum atomic E-state index is 13.5. The summed E-state index contributed by atoms with van der Waals surface area (Å²) in [5.74, 6) is 0.912. The van der Waals surface area contributed by atoms with Gasteiger partial charge in [0.1, 0.15) is 6.07 Å². The molecule has 0 amide bonds. The van der Waals surface area contributed by atoms with Gasteiger partial charge in [0.2, 0.25) is 0 Å². The highest BCUT2D eigenvalue weighted by Crippen LogP contribution is 2.76. The van der Waals surface area contributed by atoms with Gasteiger partial charge in [-0.25, -0.2) is 0 Å². The zero-order valence-electron chi connectivity index (χ0n) is 25.2. The third kappa shape index (κ3) is 3.24. The number of Topliss-reactive ketones (excluding diaryl/α,β-unsaturated/α-hetero) is 1. The first-order chi connectivity index (χ1) is 17.6. The number of nitrogens with zero attached hydrogens (tertiary/aromatic N) is 2. The minimum absolute atomic E-state index is 0.000299. The second-order valence-electron chi connectivity index (χ2n) is 15.6. The molecule has 0 aliphatic heterocycles. The lowest BCUT2D eigenvalue weighted by molar-refractivity contribution is -0.207. The van der Waals surface area contributed by atoms with Crippen molar-refractivity contribution >= 4 is 17.5 Å². The van der Waals surface area contributed by atoms with Crippen molar-refractivity contribution in [3.63, 3.8) is 0 Å². The van der Waals surface area contributed by atoms with Crippen LogP contribution < -0.4 is 0 Å². The van der Waals surface area contributed by atoms with Crippen LogP contribution in [-0.2, 0) is 14.3 Å². The van der Waals surface area contributed by atoms with Gasteiger partial charge in [0.05, 0.1) is 18.1 Å². The van der Waals surface area contributed by atoms with Gasteiger partial charge >= 0.3 is 5.97 Å². The highest BCUT2D eigenvalue weighted by Gasteiger charge is 2.72. The Bertz CT molecular complexity index is 1170. The molecular weight excluding hydrogens is 472 g/mol. The van der Waals surface area contributed by atoms with E-state index < -0.39 is 10.8 Å². The van der Waals surface area contributed by atoms with Gasteiger partial charge in [0.25, 0.3) is 0 Å². The van der Waals surface area contributed by atoms with Crippen LogP contribution in [0.15, 0.2) is 16.6 Å². The summed E-state index contributed by atoms with van der Waals surface area (Å²) in [6.45, 7) is 16.2. The van der Waals surface area contributed by atoms with Crippen LogP contribution in [-0.4, -0.2) is 31.6 Å². The number of aliphatic imine (C=N–C) groups is 1. The maximum absolute atomic E-state index is 13.5. The van der Waals surface area contributed by atoms with Crippen LogP contribution in [0, 0.1) is 67.5 Å². The highest BCUT2D eigenvalue weighted by molar-refractivity contribution is 6.04. The van der Waals surface area contributed by atoms with E-state index in [0.717, 1.165) is 51.4 Å². The zero-order valence-corrected chi connectivity index (χ0v) is 25.2. The van der Waals surface area contributed by atoms with E-state index in [9.17, 15) is 14.9 Å². The first kappa shape index (κ1) is 27.6. The van der Waals surface area contributed by atoms with Crippen LogP contribution >= 0.6 is 0 Å². The van der Waals surface area contributed by atoms with Crippen molar-refractivity contribution in [2.75, 3.05) is 14.2 Å². The number of ether oxygens (including phenoxy) is 1. The number of hydrogen-bond acceptors (Lipinski definition) is 5. The third-order valence-corrected chi connectivity index (χ3v) is 13.4. The summed E-state index contributed by atoms with van der Waals surface area (Å²) in [5.41, 5.74) is 0.492. The Morgan fingerprint density at radius 2 is 1.66 bits per heavy atom. The predicted molar refractivity (Wildman–Crippen MR) is 149 cm³/mol. The van der Waals surface area contributed by atoms with Crippen LogP contribution in [0.25, 0.3) is 0 Å². The van der Waals surface area contributed by atoms with E-state index in [-0.39, 0.29) is 57.1 Å². The number of carbonyl (C=O) groups excluding carboxylic acids is 2. The van der Waals surface area contributed by atoms with Crippen LogP contribution in [0.4, 0.5) is 0 Å². The van der Waals surface area contributed by atoms with Gasteiger partial charge in [-0.1, -0.05) is 54.5 Å². The fraction of sp³-hybridized carbons (Fsp3) is 0.818. The van der Waals surface area contributed by atoms with Gasteiger partial charge in [-0.2, -0.15) is 5.26 Å². The lowest BCUT2D eigenvalue weighted by Gasteiger charge is -2.72. The Balaban J connectivity index is 1.68. The first-order valence-electron chi connectivity index (χ1n) is 14.8. The first-order valence-corrected chi connectivity index (χ1v) is 14.8.